The number of methoxy groups -OCH3 is 2. The molecule has 11 heteroatoms. The summed E-state index contributed by atoms with van der Waals surface area (Å²) in [5.41, 5.74) is -0.175. The van der Waals surface area contributed by atoms with E-state index >= 15 is 0 Å². The van der Waals surface area contributed by atoms with E-state index in [-0.39, 0.29) is 29.5 Å². The minimum absolute atomic E-state index is 0.0119. The number of ether oxygens (including phenoxy) is 2. The highest BCUT2D eigenvalue weighted by Gasteiger charge is 2.32. The molecule has 1 aliphatic carbocycles. The van der Waals surface area contributed by atoms with E-state index in [1.165, 1.54) is 12.1 Å². The van der Waals surface area contributed by atoms with Gasteiger partial charge in [-0.15, -0.1) is 0 Å². The van der Waals surface area contributed by atoms with Crippen molar-refractivity contribution in [3.63, 3.8) is 0 Å². The van der Waals surface area contributed by atoms with Gasteiger partial charge in [-0.1, -0.05) is 12.1 Å². The summed E-state index contributed by atoms with van der Waals surface area (Å²) in [6, 6.07) is 3.33. The Bertz CT molecular complexity index is 912. The normalized spacial score (nSPS) is 14.7. The van der Waals surface area contributed by atoms with Crippen LogP contribution in [0, 0.1) is 5.92 Å². The molecular weight excluding hydrogens is 413 g/mol. The van der Waals surface area contributed by atoms with Gasteiger partial charge in [0, 0.05) is 19.9 Å². The molecule has 1 saturated carbocycles. The van der Waals surface area contributed by atoms with Crippen LogP contribution in [0.15, 0.2) is 30.0 Å². The average Bonchev–Trinajstić information content (AvgIpc) is 3.51. The molecule has 0 aliphatic heterocycles. The number of alkyl halides is 3. The number of rotatable bonds is 10. The standard InChI is InChI=1S/C20H25F3N6O2/c1-12(9-13-7-8-13)24-18-27-17(15-5-4-6-16(26-15)20(21,22)23)28-19(29-18)25-14(10-30-2)11-31-3/h4-6,9,13-14H,7-8,10-11H2,1-3H3,(H2,24,25,27,28,29). The summed E-state index contributed by atoms with van der Waals surface area (Å²) >= 11 is 0. The summed E-state index contributed by atoms with van der Waals surface area (Å²) in [7, 11) is 3.10. The predicted octanol–water partition coefficient (Wildman–Crippen LogP) is 3.75. The summed E-state index contributed by atoms with van der Waals surface area (Å²) in [5.74, 6) is 0.919. The minimum Gasteiger partial charge on any atom is -0.382 e. The number of nitrogens with zero attached hydrogens (tertiary/aromatic N) is 4. The van der Waals surface area contributed by atoms with E-state index < -0.39 is 11.9 Å². The fraction of sp³-hybridized carbons (Fsp3) is 0.500. The predicted molar refractivity (Wildman–Crippen MR) is 109 cm³/mol. The maximum Gasteiger partial charge on any atom is 0.433 e. The van der Waals surface area contributed by atoms with Crippen molar-refractivity contribution in [1.29, 1.82) is 0 Å². The lowest BCUT2D eigenvalue weighted by Crippen LogP contribution is -2.31. The van der Waals surface area contributed by atoms with E-state index in [9.17, 15) is 13.2 Å². The highest BCUT2D eigenvalue weighted by atomic mass is 19.4. The van der Waals surface area contributed by atoms with Crippen molar-refractivity contribution in [3.8, 4) is 11.5 Å². The lowest BCUT2D eigenvalue weighted by Gasteiger charge is -2.18. The fourth-order valence-electron chi connectivity index (χ4n) is 2.88. The first kappa shape index (κ1) is 22.9. The molecule has 168 valence electrons. The smallest absolute Gasteiger partial charge is 0.382 e. The summed E-state index contributed by atoms with van der Waals surface area (Å²) in [5, 5.41) is 6.17. The highest BCUT2D eigenvalue weighted by molar-refractivity contribution is 5.55. The summed E-state index contributed by atoms with van der Waals surface area (Å²) < 4.78 is 49.7. The van der Waals surface area contributed by atoms with E-state index in [1.54, 1.807) is 14.2 Å². The van der Waals surface area contributed by atoms with Gasteiger partial charge in [-0.3, -0.25) is 0 Å². The Kier molecular flexibility index (Phi) is 7.39. The summed E-state index contributed by atoms with van der Waals surface area (Å²) in [6.45, 7) is 2.52. The van der Waals surface area contributed by atoms with Crippen molar-refractivity contribution in [2.75, 3.05) is 38.1 Å². The molecule has 0 radical (unpaired) electrons. The van der Waals surface area contributed by atoms with Gasteiger partial charge < -0.3 is 20.1 Å². The van der Waals surface area contributed by atoms with Crippen LogP contribution < -0.4 is 10.6 Å². The van der Waals surface area contributed by atoms with Crippen LogP contribution >= 0.6 is 0 Å². The van der Waals surface area contributed by atoms with Gasteiger partial charge in [-0.25, -0.2) is 4.98 Å². The van der Waals surface area contributed by atoms with Gasteiger partial charge in [0.2, 0.25) is 11.9 Å². The largest absolute Gasteiger partial charge is 0.433 e. The molecule has 2 aromatic rings. The van der Waals surface area contributed by atoms with Crippen molar-refractivity contribution in [1.82, 2.24) is 19.9 Å². The van der Waals surface area contributed by atoms with Crippen LogP contribution in [0.3, 0.4) is 0 Å². The first-order chi connectivity index (χ1) is 14.8. The molecule has 8 nitrogen and oxygen atoms in total. The molecule has 31 heavy (non-hydrogen) atoms. The highest BCUT2D eigenvalue weighted by Crippen LogP contribution is 2.31. The van der Waals surface area contributed by atoms with Crippen molar-refractivity contribution >= 4 is 11.9 Å². The molecule has 0 spiro atoms. The van der Waals surface area contributed by atoms with Crippen LogP contribution in [-0.4, -0.2) is 53.4 Å². The SMILES string of the molecule is COCC(COC)Nc1nc(NC(C)=CC2CC2)nc(-c2cccc(C(F)(F)F)n2)n1. The van der Waals surface area contributed by atoms with Crippen molar-refractivity contribution in [2.45, 2.75) is 32.0 Å². The van der Waals surface area contributed by atoms with Crippen LogP contribution in [0.4, 0.5) is 25.1 Å². The summed E-state index contributed by atoms with van der Waals surface area (Å²) in [6.07, 6.45) is -0.217. The maximum absolute atomic E-state index is 13.1. The monoisotopic (exact) mass is 438 g/mol. The molecule has 2 heterocycles. The molecule has 2 aromatic heterocycles. The first-order valence-electron chi connectivity index (χ1n) is 9.79. The van der Waals surface area contributed by atoms with Gasteiger partial charge in [-0.2, -0.15) is 28.1 Å². The van der Waals surface area contributed by atoms with Gasteiger partial charge in [-0.05, 0) is 37.8 Å². The zero-order valence-electron chi connectivity index (χ0n) is 17.5. The van der Waals surface area contributed by atoms with Gasteiger partial charge in [0.25, 0.3) is 0 Å². The third-order valence-corrected chi connectivity index (χ3v) is 4.39. The fourth-order valence-corrected chi connectivity index (χ4v) is 2.88. The van der Waals surface area contributed by atoms with E-state index in [0.717, 1.165) is 24.6 Å². The average molecular weight is 438 g/mol. The van der Waals surface area contributed by atoms with E-state index in [0.29, 0.717) is 19.1 Å². The molecule has 0 saturated heterocycles. The van der Waals surface area contributed by atoms with Crippen LogP contribution in [-0.2, 0) is 15.7 Å². The molecule has 3 rings (SSSR count). The van der Waals surface area contributed by atoms with Crippen LogP contribution in [0.2, 0.25) is 0 Å². The van der Waals surface area contributed by atoms with Crippen LogP contribution in [0.1, 0.15) is 25.5 Å². The Labute approximate surface area is 178 Å². The number of anilines is 2. The zero-order valence-corrected chi connectivity index (χ0v) is 17.5. The molecule has 0 bridgehead atoms. The van der Waals surface area contributed by atoms with Crippen LogP contribution in [0.25, 0.3) is 11.5 Å². The minimum atomic E-state index is -4.57. The van der Waals surface area contributed by atoms with Gasteiger partial charge in [0.05, 0.1) is 19.3 Å². The maximum atomic E-state index is 13.1. The molecule has 0 unspecified atom stereocenters. The zero-order chi connectivity index (χ0) is 22.4. The van der Waals surface area contributed by atoms with Crippen molar-refractivity contribution in [3.05, 3.63) is 35.7 Å². The van der Waals surface area contributed by atoms with Gasteiger partial charge in [0.1, 0.15) is 11.4 Å². The third kappa shape index (κ3) is 6.86. The van der Waals surface area contributed by atoms with Gasteiger partial charge in [0.15, 0.2) is 5.82 Å². The lowest BCUT2D eigenvalue weighted by atomic mass is 10.3. The second-order valence-electron chi connectivity index (χ2n) is 7.28. The number of halogens is 3. The third-order valence-electron chi connectivity index (χ3n) is 4.39. The number of hydrogen-bond donors (Lipinski definition) is 2. The molecule has 0 aromatic carbocycles. The van der Waals surface area contributed by atoms with Crippen molar-refractivity contribution in [2.24, 2.45) is 5.92 Å². The number of nitrogens with one attached hydrogen (secondary N) is 2. The second-order valence-corrected chi connectivity index (χ2v) is 7.28. The molecule has 2 N–H and O–H groups in total. The Morgan fingerprint density at radius 2 is 1.77 bits per heavy atom. The molecular formula is C20H25F3N6O2. The Morgan fingerprint density at radius 3 is 2.39 bits per heavy atom. The van der Waals surface area contributed by atoms with Crippen LogP contribution in [0.5, 0.6) is 0 Å². The topological polar surface area (TPSA) is 94.1 Å². The molecule has 1 fully saturated rings. The molecule has 1 aliphatic rings. The first-order valence-corrected chi connectivity index (χ1v) is 9.79. The van der Waals surface area contributed by atoms with E-state index in [4.69, 9.17) is 9.47 Å². The van der Waals surface area contributed by atoms with E-state index in [1.807, 2.05) is 6.92 Å². The number of allylic oxidation sites excluding steroid dienone is 2. The Hall–Kier alpha value is -2.79. The summed E-state index contributed by atoms with van der Waals surface area (Å²) in [4.78, 5) is 16.6. The number of hydrogen-bond acceptors (Lipinski definition) is 8. The Balaban J connectivity index is 1.95. The quantitative estimate of drug-likeness (QED) is 0.579. The van der Waals surface area contributed by atoms with Gasteiger partial charge >= 0.3 is 6.18 Å². The molecule has 0 amide bonds. The second kappa shape index (κ2) is 10.0. The number of aromatic nitrogens is 4. The van der Waals surface area contributed by atoms with Crippen molar-refractivity contribution < 1.29 is 22.6 Å². The molecule has 0 atom stereocenters. The Morgan fingerprint density at radius 1 is 1.10 bits per heavy atom. The lowest BCUT2D eigenvalue weighted by molar-refractivity contribution is -0.141. The number of pyridine rings is 1. The van der Waals surface area contributed by atoms with E-state index in [2.05, 4.69) is 36.6 Å².